The molecule has 3 heteroatoms. The summed E-state index contributed by atoms with van der Waals surface area (Å²) in [5.41, 5.74) is 0. The lowest BCUT2D eigenvalue weighted by atomic mass is 10.2. The zero-order chi connectivity index (χ0) is 7.68. The van der Waals surface area contributed by atoms with Gasteiger partial charge in [0.2, 0.25) is 0 Å². The number of hydrogen-bond acceptors (Lipinski definition) is 2. The molecule has 2 atom stereocenters. The number of hydrogen-bond donors (Lipinski definition) is 1. The molecule has 0 aromatic carbocycles. The van der Waals surface area contributed by atoms with Gasteiger partial charge < -0.3 is 10.1 Å². The Kier molecular flexibility index (Phi) is 2.09. The molecule has 2 nitrogen and oxygen atoms in total. The molecular weight excluding hydrogens is 145 g/mol. The highest BCUT2D eigenvalue weighted by Gasteiger charge is 2.28. The van der Waals surface area contributed by atoms with Gasteiger partial charge >= 0.3 is 0 Å². The van der Waals surface area contributed by atoms with Crippen LogP contribution in [0.2, 0.25) is 0 Å². The van der Waals surface area contributed by atoms with Crippen molar-refractivity contribution in [1.29, 1.82) is 0 Å². The molecule has 1 saturated heterocycles. The Morgan fingerprint density at radius 1 is 1.18 bits per heavy atom. The molecule has 0 aromatic rings. The topological polar surface area (TPSA) is 21.3 Å². The van der Waals surface area contributed by atoms with Crippen molar-refractivity contribution >= 4 is 0 Å². The molecule has 1 aliphatic heterocycles. The minimum absolute atomic E-state index is 0.416. The summed E-state index contributed by atoms with van der Waals surface area (Å²) in [5.74, 6) is 0. The number of alkyl halides is 1. The van der Waals surface area contributed by atoms with Crippen LogP contribution in [0.15, 0.2) is 0 Å². The summed E-state index contributed by atoms with van der Waals surface area (Å²) in [4.78, 5) is 0. The lowest BCUT2D eigenvalue weighted by molar-refractivity contribution is -0.00990. The molecular formula is C8H14FNO. The number of rotatable bonds is 2. The molecule has 0 amide bonds. The Balaban J connectivity index is 1.70. The average Bonchev–Trinajstić information content (AvgIpc) is 2.27. The van der Waals surface area contributed by atoms with Crippen molar-refractivity contribution in [2.45, 2.75) is 37.5 Å². The first-order valence-electron chi connectivity index (χ1n) is 4.32. The summed E-state index contributed by atoms with van der Waals surface area (Å²) >= 11 is 0. The van der Waals surface area contributed by atoms with E-state index in [9.17, 15) is 4.39 Å². The van der Waals surface area contributed by atoms with Crippen LogP contribution in [0.5, 0.6) is 0 Å². The SMILES string of the molecule is FC1CCC(NC2COC2)C1. The van der Waals surface area contributed by atoms with Crippen molar-refractivity contribution < 1.29 is 9.13 Å². The van der Waals surface area contributed by atoms with Gasteiger partial charge in [-0.1, -0.05) is 0 Å². The van der Waals surface area contributed by atoms with Crippen LogP contribution in [0.25, 0.3) is 0 Å². The molecule has 0 radical (unpaired) electrons. The highest BCUT2D eigenvalue weighted by atomic mass is 19.1. The standard InChI is InChI=1S/C8H14FNO/c9-6-1-2-7(3-6)10-8-4-11-5-8/h6-8,10H,1-5H2. The van der Waals surface area contributed by atoms with E-state index in [0.717, 1.165) is 26.1 Å². The van der Waals surface area contributed by atoms with Gasteiger partial charge in [-0.05, 0) is 19.3 Å². The molecule has 1 heterocycles. The fourth-order valence-electron chi connectivity index (χ4n) is 1.74. The van der Waals surface area contributed by atoms with Crippen molar-refractivity contribution in [3.63, 3.8) is 0 Å². The van der Waals surface area contributed by atoms with Crippen LogP contribution >= 0.6 is 0 Å². The van der Waals surface area contributed by atoms with Crippen LogP contribution in [0.3, 0.4) is 0 Å². The first-order valence-corrected chi connectivity index (χ1v) is 4.32. The Morgan fingerprint density at radius 3 is 2.45 bits per heavy atom. The van der Waals surface area contributed by atoms with Crippen LogP contribution in [0.4, 0.5) is 4.39 Å². The molecule has 2 aliphatic rings. The third-order valence-corrected chi connectivity index (χ3v) is 2.48. The van der Waals surface area contributed by atoms with Crippen molar-refractivity contribution in [2.24, 2.45) is 0 Å². The highest BCUT2D eigenvalue weighted by Crippen LogP contribution is 2.22. The van der Waals surface area contributed by atoms with Gasteiger partial charge in [0, 0.05) is 6.04 Å². The third kappa shape index (κ3) is 1.71. The fraction of sp³-hybridized carbons (Fsp3) is 1.00. The molecule has 1 N–H and O–H groups in total. The van der Waals surface area contributed by atoms with Gasteiger partial charge in [-0.25, -0.2) is 4.39 Å². The average molecular weight is 159 g/mol. The lowest BCUT2D eigenvalue weighted by Gasteiger charge is -2.29. The van der Waals surface area contributed by atoms with Gasteiger partial charge in [0.05, 0.1) is 19.3 Å². The van der Waals surface area contributed by atoms with Gasteiger partial charge in [-0.15, -0.1) is 0 Å². The maximum atomic E-state index is 12.7. The first kappa shape index (κ1) is 7.50. The molecule has 64 valence electrons. The fourth-order valence-corrected chi connectivity index (χ4v) is 1.74. The number of ether oxygens (including phenoxy) is 1. The van der Waals surface area contributed by atoms with E-state index in [1.165, 1.54) is 0 Å². The van der Waals surface area contributed by atoms with E-state index in [1.807, 2.05) is 0 Å². The Morgan fingerprint density at radius 2 is 2.00 bits per heavy atom. The largest absolute Gasteiger partial charge is 0.378 e. The molecule has 1 saturated carbocycles. The number of nitrogens with one attached hydrogen (secondary N) is 1. The molecule has 2 unspecified atom stereocenters. The Hall–Kier alpha value is -0.150. The van der Waals surface area contributed by atoms with Gasteiger partial charge in [-0.3, -0.25) is 0 Å². The number of halogens is 1. The second-order valence-corrected chi connectivity index (χ2v) is 3.51. The smallest absolute Gasteiger partial charge is 0.102 e. The molecule has 11 heavy (non-hydrogen) atoms. The zero-order valence-corrected chi connectivity index (χ0v) is 6.55. The van der Waals surface area contributed by atoms with Gasteiger partial charge in [-0.2, -0.15) is 0 Å². The van der Waals surface area contributed by atoms with Crippen LogP contribution in [-0.2, 0) is 4.74 Å². The summed E-state index contributed by atoms with van der Waals surface area (Å²) in [6, 6.07) is 0.921. The van der Waals surface area contributed by atoms with E-state index in [0.29, 0.717) is 18.5 Å². The summed E-state index contributed by atoms with van der Waals surface area (Å²) in [6.45, 7) is 1.63. The normalized spacial score (nSPS) is 39.0. The minimum atomic E-state index is -0.562. The van der Waals surface area contributed by atoms with Crippen LogP contribution in [0.1, 0.15) is 19.3 Å². The molecule has 0 aromatic heterocycles. The van der Waals surface area contributed by atoms with Crippen LogP contribution in [0, 0.1) is 0 Å². The van der Waals surface area contributed by atoms with Crippen molar-refractivity contribution in [2.75, 3.05) is 13.2 Å². The Bertz CT molecular complexity index is 138. The quantitative estimate of drug-likeness (QED) is 0.645. The van der Waals surface area contributed by atoms with Crippen molar-refractivity contribution in [1.82, 2.24) is 5.32 Å². The predicted molar refractivity (Wildman–Crippen MR) is 40.3 cm³/mol. The molecule has 0 spiro atoms. The van der Waals surface area contributed by atoms with Crippen molar-refractivity contribution in [3.8, 4) is 0 Å². The third-order valence-electron chi connectivity index (χ3n) is 2.48. The summed E-state index contributed by atoms with van der Waals surface area (Å²) < 4.78 is 17.7. The van der Waals surface area contributed by atoms with Gasteiger partial charge in [0.25, 0.3) is 0 Å². The van der Waals surface area contributed by atoms with Crippen LogP contribution < -0.4 is 5.32 Å². The van der Waals surface area contributed by atoms with E-state index in [2.05, 4.69) is 5.32 Å². The van der Waals surface area contributed by atoms with Crippen molar-refractivity contribution in [3.05, 3.63) is 0 Å². The highest BCUT2D eigenvalue weighted by molar-refractivity contribution is 4.85. The minimum Gasteiger partial charge on any atom is -0.378 e. The second-order valence-electron chi connectivity index (χ2n) is 3.51. The Labute approximate surface area is 66.1 Å². The molecule has 2 fully saturated rings. The van der Waals surface area contributed by atoms with E-state index >= 15 is 0 Å². The van der Waals surface area contributed by atoms with Crippen LogP contribution in [-0.4, -0.2) is 31.5 Å². The van der Waals surface area contributed by atoms with Gasteiger partial charge in [0.1, 0.15) is 6.17 Å². The van der Waals surface area contributed by atoms with Gasteiger partial charge in [0.15, 0.2) is 0 Å². The first-order chi connectivity index (χ1) is 5.34. The lowest BCUT2D eigenvalue weighted by Crippen LogP contribution is -2.49. The predicted octanol–water partition coefficient (Wildman–Crippen LogP) is 0.865. The van der Waals surface area contributed by atoms with E-state index < -0.39 is 6.17 Å². The maximum absolute atomic E-state index is 12.7. The van der Waals surface area contributed by atoms with E-state index in [1.54, 1.807) is 0 Å². The monoisotopic (exact) mass is 159 g/mol. The van der Waals surface area contributed by atoms with E-state index in [-0.39, 0.29) is 0 Å². The maximum Gasteiger partial charge on any atom is 0.102 e. The summed E-state index contributed by atoms with van der Waals surface area (Å²) in [7, 11) is 0. The summed E-state index contributed by atoms with van der Waals surface area (Å²) in [5, 5.41) is 3.38. The second kappa shape index (κ2) is 3.07. The molecule has 2 rings (SSSR count). The summed E-state index contributed by atoms with van der Waals surface area (Å²) in [6.07, 6.45) is 1.88. The molecule has 1 aliphatic carbocycles. The van der Waals surface area contributed by atoms with E-state index in [4.69, 9.17) is 4.74 Å². The zero-order valence-electron chi connectivity index (χ0n) is 6.55. The molecule has 0 bridgehead atoms.